The molecule has 2 N–H and O–H groups in total. The van der Waals surface area contributed by atoms with Gasteiger partial charge in [-0.05, 0) is 11.8 Å². The van der Waals surface area contributed by atoms with Gasteiger partial charge < -0.3 is 15.2 Å². The Hall–Kier alpha value is -0.120. The highest BCUT2D eigenvalue weighted by Gasteiger charge is 2.27. The summed E-state index contributed by atoms with van der Waals surface area (Å²) in [6.45, 7) is 8.90. The molecule has 2 unspecified atom stereocenters. The van der Waals surface area contributed by atoms with Gasteiger partial charge in [-0.2, -0.15) is 0 Å². The minimum atomic E-state index is -0.327. The van der Waals surface area contributed by atoms with Crippen LogP contribution in [-0.2, 0) is 4.74 Å². The molecule has 96 valence electrons. The smallest absolute Gasteiger partial charge is 0.0948 e. The molecule has 0 radical (unpaired) electrons. The Labute approximate surface area is 99.6 Å². The molecule has 1 rings (SSSR count). The second-order valence-corrected chi connectivity index (χ2v) is 5.71. The normalized spacial score (nSPS) is 26.2. The van der Waals surface area contributed by atoms with Crippen molar-refractivity contribution in [3.05, 3.63) is 0 Å². The molecule has 3 nitrogen and oxygen atoms in total. The van der Waals surface area contributed by atoms with Gasteiger partial charge in [0.05, 0.1) is 25.4 Å². The zero-order chi connectivity index (χ0) is 12.0. The average Bonchev–Trinajstić information content (AvgIpc) is 2.62. The van der Waals surface area contributed by atoms with Gasteiger partial charge in [-0.1, -0.05) is 40.0 Å². The van der Waals surface area contributed by atoms with Crippen molar-refractivity contribution in [3.8, 4) is 0 Å². The van der Waals surface area contributed by atoms with Crippen molar-refractivity contribution in [2.75, 3.05) is 19.8 Å². The molecule has 1 fully saturated rings. The van der Waals surface area contributed by atoms with Crippen LogP contribution in [0.1, 0.15) is 46.5 Å². The molecular formula is C13H27NO2. The number of hydrogen-bond acceptors (Lipinski definition) is 3. The zero-order valence-electron chi connectivity index (χ0n) is 11.0. The van der Waals surface area contributed by atoms with E-state index in [2.05, 4.69) is 26.1 Å². The van der Waals surface area contributed by atoms with Crippen molar-refractivity contribution in [2.24, 2.45) is 5.41 Å². The quantitative estimate of drug-likeness (QED) is 0.656. The Morgan fingerprint density at radius 2 is 2.06 bits per heavy atom. The summed E-state index contributed by atoms with van der Waals surface area (Å²) in [6.07, 6.45) is 4.82. The van der Waals surface area contributed by atoms with Gasteiger partial charge in [0.1, 0.15) is 0 Å². The summed E-state index contributed by atoms with van der Waals surface area (Å²) in [4.78, 5) is 0. The average molecular weight is 229 g/mol. The van der Waals surface area contributed by atoms with Crippen LogP contribution in [0.3, 0.4) is 0 Å². The van der Waals surface area contributed by atoms with Crippen LogP contribution >= 0.6 is 0 Å². The van der Waals surface area contributed by atoms with Gasteiger partial charge in [0.2, 0.25) is 0 Å². The molecule has 16 heavy (non-hydrogen) atoms. The van der Waals surface area contributed by atoms with Crippen LogP contribution in [0.25, 0.3) is 0 Å². The maximum atomic E-state index is 9.61. The van der Waals surface area contributed by atoms with Crippen molar-refractivity contribution >= 4 is 0 Å². The fraction of sp³-hybridized carbons (Fsp3) is 1.00. The van der Waals surface area contributed by atoms with E-state index in [1.165, 1.54) is 25.7 Å². The van der Waals surface area contributed by atoms with Crippen LogP contribution in [0.5, 0.6) is 0 Å². The third-order valence-corrected chi connectivity index (χ3v) is 3.35. The Bertz CT molecular complexity index is 194. The molecule has 0 aliphatic carbocycles. The first-order chi connectivity index (χ1) is 7.55. The van der Waals surface area contributed by atoms with Crippen molar-refractivity contribution in [2.45, 2.75) is 58.6 Å². The fourth-order valence-electron chi connectivity index (χ4n) is 2.09. The highest BCUT2D eigenvalue weighted by Crippen LogP contribution is 2.23. The SMILES string of the molecule is CCCCCC(C)(C)CNC1COCC1O. The van der Waals surface area contributed by atoms with Gasteiger partial charge in [-0.15, -0.1) is 0 Å². The summed E-state index contributed by atoms with van der Waals surface area (Å²) in [5.74, 6) is 0. The fourth-order valence-corrected chi connectivity index (χ4v) is 2.09. The van der Waals surface area contributed by atoms with Crippen LogP contribution in [0, 0.1) is 5.41 Å². The van der Waals surface area contributed by atoms with Crippen molar-refractivity contribution < 1.29 is 9.84 Å². The van der Waals surface area contributed by atoms with E-state index in [9.17, 15) is 5.11 Å². The van der Waals surface area contributed by atoms with Gasteiger partial charge in [-0.3, -0.25) is 0 Å². The van der Waals surface area contributed by atoms with Crippen LogP contribution in [0.2, 0.25) is 0 Å². The number of rotatable bonds is 7. The Morgan fingerprint density at radius 1 is 1.31 bits per heavy atom. The van der Waals surface area contributed by atoms with Gasteiger partial charge in [0.15, 0.2) is 0 Å². The third-order valence-electron chi connectivity index (χ3n) is 3.35. The second-order valence-electron chi connectivity index (χ2n) is 5.71. The lowest BCUT2D eigenvalue weighted by Crippen LogP contribution is -2.43. The molecule has 0 aromatic carbocycles. The van der Waals surface area contributed by atoms with E-state index in [0.29, 0.717) is 18.6 Å². The van der Waals surface area contributed by atoms with Gasteiger partial charge in [0.25, 0.3) is 0 Å². The number of unbranched alkanes of at least 4 members (excludes halogenated alkanes) is 2. The molecule has 0 bridgehead atoms. The van der Waals surface area contributed by atoms with Crippen molar-refractivity contribution in [1.29, 1.82) is 0 Å². The van der Waals surface area contributed by atoms with Crippen LogP contribution in [0.15, 0.2) is 0 Å². The summed E-state index contributed by atoms with van der Waals surface area (Å²) in [7, 11) is 0. The van der Waals surface area contributed by atoms with E-state index in [1.807, 2.05) is 0 Å². The maximum absolute atomic E-state index is 9.61. The molecular weight excluding hydrogens is 202 g/mol. The number of nitrogens with one attached hydrogen (secondary N) is 1. The molecule has 1 saturated heterocycles. The summed E-state index contributed by atoms with van der Waals surface area (Å²) < 4.78 is 5.22. The molecule has 0 saturated carbocycles. The van der Waals surface area contributed by atoms with E-state index in [4.69, 9.17) is 4.74 Å². The minimum absolute atomic E-state index is 0.130. The molecule has 0 aromatic heterocycles. The lowest BCUT2D eigenvalue weighted by atomic mass is 9.86. The number of aliphatic hydroxyl groups excluding tert-OH is 1. The van der Waals surface area contributed by atoms with Crippen molar-refractivity contribution in [1.82, 2.24) is 5.32 Å². The second kappa shape index (κ2) is 6.58. The summed E-state index contributed by atoms with van der Waals surface area (Å²) in [6, 6.07) is 0.130. The van der Waals surface area contributed by atoms with Crippen LogP contribution in [-0.4, -0.2) is 37.0 Å². The number of aliphatic hydroxyl groups is 1. The summed E-state index contributed by atoms with van der Waals surface area (Å²) in [5, 5.41) is 13.0. The van der Waals surface area contributed by atoms with Gasteiger partial charge >= 0.3 is 0 Å². The monoisotopic (exact) mass is 229 g/mol. The largest absolute Gasteiger partial charge is 0.389 e. The molecule has 2 atom stereocenters. The predicted octanol–water partition coefficient (Wildman–Crippen LogP) is 1.94. The predicted molar refractivity (Wildman–Crippen MR) is 66.5 cm³/mol. The number of hydrogen-bond donors (Lipinski definition) is 2. The van der Waals surface area contributed by atoms with Gasteiger partial charge in [0, 0.05) is 6.54 Å². The number of ether oxygens (including phenoxy) is 1. The van der Waals surface area contributed by atoms with E-state index in [1.54, 1.807) is 0 Å². The summed E-state index contributed by atoms with van der Waals surface area (Å²) >= 11 is 0. The topological polar surface area (TPSA) is 41.5 Å². The molecule has 3 heteroatoms. The van der Waals surface area contributed by atoms with E-state index < -0.39 is 0 Å². The summed E-state index contributed by atoms with van der Waals surface area (Å²) in [5.41, 5.74) is 0.317. The first kappa shape index (κ1) is 13.9. The van der Waals surface area contributed by atoms with Crippen molar-refractivity contribution in [3.63, 3.8) is 0 Å². The third kappa shape index (κ3) is 4.81. The van der Waals surface area contributed by atoms with E-state index in [-0.39, 0.29) is 12.1 Å². The van der Waals surface area contributed by atoms with Crippen LogP contribution in [0.4, 0.5) is 0 Å². The zero-order valence-corrected chi connectivity index (χ0v) is 11.0. The minimum Gasteiger partial charge on any atom is -0.389 e. The standard InChI is InChI=1S/C13H27NO2/c1-4-5-6-7-13(2,3)10-14-11-8-16-9-12(11)15/h11-12,14-15H,4-10H2,1-3H3. The highest BCUT2D eigenvalue weighted by molar-refractivity contribution is 4.83. The lowest BCUT2D eigenvalue weighted by Gasteiger charge is -2.27. The van der Waals surface area contributed by atoms with Gasteiger partial charge in [-0.25, -0.2) is 0 Å². The Balaban J connectivity index is 2.18. The first-order valence-electron chi connectivity index (χ1n) is 6.54. The lowest BCUT2D eigenvalue weighted by molar-refractivity contribution is 0.121. The highest BCUT2D eigenvalue weighted by atomic mass is 16.5. The molecule has 1 aliphatic heterocycles. The maximum Gasteiger partial charge on any atom is 0.0948 e. The molecule has 1 aliphatic rings. The van der Waals surface area contributed by atoms with Crippen LogP contribution < -0.4 is 5.32 Å². The molecule has 0 spiro atoms. The first-order valence-corrected chi connectivity index (χ1v) is 6.54. The Kier molecular flexibility index (Phi) is 5.73. The molecule has 1 heterocycles. The Morgan fingerprint density at radius 3 is 2.62 bits per heavy atom. The molecule has 0 aromatic rings. The molecule has 0 amide bonds. The van der Waals surface area contributed by atoms with E-state index >= 15 is 0 Å². The van der Waals surface area contributed by atoms with E-state index in [0.717, 1.165) is 6.54 Å².